The quantitative estimate of drug-likeness (QED) is 0.0180. The van der Waals surface area contributed by atoms with E-state index in [1.807, 2.05) is 24.3 Å². The molecule has 0 aliphatic rings. The summed E-state index contributed by atoms with van der Waals surface area (Å²) < 4.78 is 0. The largest absolute Gasteiger partial charge is 0.370 e. The molecule has 388 valence electrons. The predicted octanol–water partition coefficient (Wildman–Crippen LogP) is -6.78. The molecule has 29 heteroatoms. The van der Waals surface area contributed by atoms with Gasteiger partial charge in [-0.3, -0.25) is 53.7 Å². The number of fused-ring (bicyclic) bond motifs is 1. The molecule has 1 aromatic heterocycles. The Morgan fingerprint density at radius 1 is 0.443 bits per heavy atom. The molecule has 1 heterocycles. The number of benzene rings is 1. The van der Waals surface area contributed by atoms with E-state index in [2.05, 4.69) is 56.5 Å². The van der Waals surface area contributed by atoms with Crippen LogP contribution in [0.15, 0.2) is 55.4 Å². The standard InChI is InChI=1S/C41H73N23O6/c42-24(9-3-15-54-37(44)45)32(66)60-26(11-4-16-55-38(46)47)33(67)61-27(12-5-17-56-39(48)49)34(68)62-28(13-6-18-57-40(50)51)35(69)63-29(14-7-19-58-41(52)53)36(70)64-30(31(43)65)20-22-21-59-25-10-2-1-8-23(22)25/h1-2,8,10,21,24,26-30,59H,3-7,9,11-20,42H2,(H2,43,65)(H,60,66)(H,61,67)(H,62,68)(H,63,69)(H,64,70)(H4,44,45,54)(H4,46,47,55)(H4,48,49,56)(H4,50,51,57)(H4,52,53,58)/t24-,26-,27-,28-,29-,30-/m1/s1. The number of nitrogens with one attached hydrogen (secondary N) is 6. The number of hydrogen-bond donors (Lipinski definition) is 18. The van der Waals surface area contributed by atoms with Crippen LogP contribution >= 0.6 is 0 Å². The molecule has 30 N–H and O–H groups in total. The van der Waals surface area contributed by atoms with Gasteiger partial charge in [0.2, 0.25) is 35.4 Å². The van der Waals surface area contributed by atoms with Gasteiger partial charge in [-0.25, -0.2) is 0 Å². The normalized spacial score (nSPS) is 13.3. The summed E-state index contributed by atoms with van der Waals surface area (Å²) in [5.74, 6) is -5.63. The first kappa shape index (κ1) is 58.0. The monoisotopic (exact) mass is 984 g/mol. The van der Waals surface area contributed by atoms with Crippen LogP contribution in [-0.2, 0) is 35.2 Å². The van der Waals surface area contributed by atoms with Gasteiger partial charge in [0.1, 0.15) is 30.2 Å². The second-order valence-corrected chi connectivity index (χ2v) is 16.1. The van der Waals surface area contributed by atoms with Crippen LogP contribution in [0.2, 0.25) is 0 Å². The van der Waals surface area contributed by atoms with Gasteiger partial charge in [-0.15, -0.1) is 0 Å². The van der Waals surface area contributed by atoms with E-state index < -0.39 is 71.7 Å². The first-order valence-corrected chi connectivity index (χ1v) is 22.6. The van der Waals surface area contributed by atoms with Crippen molar-refractivity contribution in [1.29, 1.82) is 0 Å². The van der Waals surface area contributed by atoms with Crippen molar-refractivity contribution >= 4 is 76.1 Å². The van der Waals surface area contributed by atoms with Gasteiger partial charge in [0.05, 0.1) is 6.04 Å². The van der Waals surface area contributed by atoms with Crippen LogP contribution in [0.25, 0.3) is 10.9 Å². The fourth-order valence-corrected chi connectivity index (χ4v) is 6.85. The van der Waals surface area contributed by atoms with Crippen LogP contribution in [0, 0.1) is 0 Å². The lowest BCUT2D eigenvalue weighted by atomic mass is 10.0. The molecule has 0 aliphatic carbocycles. The molecule has 70 heavy (non-hydrogen) atoms. The molecule has 2 aromatic rings. The van der Waals surface area contributed by atoms with Crippen LogP contribution in [0.5, 0.6) is 0 Å². The molecule has 2 rings (SSSR count). The van der Waals surface area contributed by atoms with Gasteiger partial charge in [0, 0.05) is 56.2 Å². The van der Waals surface area contributed by atoms with E-state index in [1.165, 1.54) is 0 Å². The number of hydrogen-bond acceptors (Lipinski definition) is 12. The molecule has 0 saturated carbocycles. The Bertz CT molecular complexity index is 2170. The minimum absolute atomic E-state index is 0.0122. The van der Waals surface area contributed by atoms with E-state index in [0.29, 0.717) is 12.0 Å². The molecule has 0 fully saturated rings. The number of nitrogens with two attached hydrogens (primary N) is 12. The Labute approximate surface area is 405 Å². The third kappa shape index (κ3) is 23.1. The minimum atomic E-state index is -1.36. The van der Waals surface area contributed by atoms with Crippen LogP contribution < -0.4 is 95.4 Å². The number of guanidine groups is 5. The van der Waals surface area contributed by atoms with E-state index in [-0.39, 0.29) is 127 Å². The van der Waals surface area contributed by atoms with Crippen molar-refractivity contribution in [2.45, 2.75) is 107 Å². The van der Waals surface area contributed by atoms with Crippen molar-refractivity contribution in [3.8, 4) is 0 Å². The van der Waals surface area contributed by atoms with Gasteiger partial charge in [-0.05, 0) is 75.8 Å². The number of carbonyl (C=O) groups excluding carboxylic acids is 6. The highest BCUT2D eigenvalue weighted by atomic mass is 16.2. The molecule has 1 aromatic carbocycles. The van der Waals surface area contributed by atoms with E-state index in [9.17, 15) is 28.8 Å². The van der Waals surface area contributed by atoms with Gasteiger partial charge < -0.3 is 100 Å². The van der Waals surface area contributed by atoms with Crippen molar-refractivity contribution in [3.63, 3.8) is 0 Å². The van der Waals surface area contributed by atoms with Crippen molar-refractivity contribution in [2.24, 2.45) is 93.8 Å². The fraction of sp³-hybridized carbons (Fsp3) is 0.537. The van der Waals surface area contributed by atoms with Crippen molar-refractivity contribution in [1.82, 2.24) is 31.6 Å². The zero-order valence-corrected chi connectivity index (χ0v) is 39.3. The first-order valence-electron chi connectivity index (χ1n) is 22.6. The second kappa shape index (κ2) is 31.0. The Kier molecular flexibility index (Phi) is 25.7. The number of primary amides is 1. The smallest absolute Gasteiger partial charge is 0.243 e. The summed E-state index contributed by atoms with van der Waals surface area (Å²) in [5.41, 5.74) is 68.2. The fourth-order valence-electron chi connectivity index (χ4n) is 6.85. The van der Waals surface area contributed by atoms with Gasteiger partial charge >= 0.3 is 0 Å². The molecule has 0 bridgehead atoms. The third-order valence-corrected chi connectivity index (χ3v) is 10.4. The lowest BCUT2D eigenvalue weighted by Crippen LogP contribution is -2.59. The number of amides is 6. The molecule has 0 aliphatic heterocycles. The van der Waals surface area contributed by atoms with E-state index in [1.54, 1.807) is 6.20 Å². The van der Waals surface area contributed by atoms with E-state index in [0.717, 1.165) is 10.9 Å². The van der Waals surface area contributed by atoms with Gasteiger partial charge in [0.25, 0.3) is 0 Å². The Morgan fingerprint density at radius 2 is 0.757 bits per heavy atom. The number of aliphatic imine (C=N–C) groups is 5. The summed E-state index contributed by atoms with van der Waals surface area (Å²) in [6.07, 6.45) is 2.84. The predicted molar refractivity (Wildman–Crippen MR) is 268 cm³/mol. The summed E-state index contributed by atoms with van der Waals surface area (Å²) in [6.45, 7) is 0.505. The molecule has 6 atom stereocenters. The summed E-state index contributed by atoms with van der Waals surface area (Å²) in [4.78, 5) is 105. The SMILES string of the molecule is NC(=O)[C@@H](Cc1c[nH]c2ccccc12)NC(=O)[C@@H](CCCN=C(N)N)NC(=O)[C@@H](CCCN=C(N)N)NC(=O)[C@@H](CCCN=C(N)N)NC(=O)[C@@H](CCCN=C(N)N)NC(=O)[C@H](N)CCCN=C(N)N. The van der Waals surface area contributed by atoms with E-state index >= 15 is 0 Å². The number of carbonyl (C=O) groups is 6. The highest BCUT2D eigenvalue weighted by Crippen LogP contribution is 2.19. The average molecular weight is 984 g/mol. The third-order valence-electron chi connectivity index (χ3n) is 10.4. The van der Waals surface area contributed by atoms with E-state index in [4.69, 9.17) is 68.8 Å². The van der Waals surface area contributed by atoms with Crippen LogP contribution in [0.4, 0.5) is 0 Å². The molecule has 0 radical (unpaired) electrons. The molecule has 0 unspecified atom stereocenters. The average Bonchev–Trinajstić information content (AvgIpc) is 3.70. The lowest BCUT2D eigenvalue weighted by Gasteiger charge is -2.27. The number of H-pyrrole nitrogens is 1. The summed E-state index contributed by atoms with van der Waals surface area (Å²) in [6, 6.07) is -0.153. The van der Waals surface area contributed by atoms with Gasteiger partial charge in [-0.2, -0.15) is 0 Å². The van der Waals surface area contributed by atoms with Crippen LogP contribution in [-0.4, -0.2) is 139 Å². The van der Waals surface area contributed by atoms with Crippen molar-refractivity contribution in [2.75, 3.05) is 32.7 Å². The zero-order chi connectivity index (χ0) is 52.2. The maximum atomic E-state index is 14.3. The topological polar surface area (TPSA) is 552 Å². The first-order chi connectivity index (χ1) is 33.2. The molecular weight excluding hydrogens is 911 g/mol. The number of nitrogens with zero attached hydrogens (tertiary/aromatic N) is 5. The Hall–Kier alpha value is -8.11. The molecule has 29 nitrogen and oxygen atoms in total. The summed E-state index contributed by atoms with van der Waals surface area (Å²) in [7, 11) is 0. The maximum absolute atomic E-state index is 14.3. The van der Waals surface area contributed by atoms with Gasteiger partial charge in [-0.1, -0.05) is 18.2 Å². The van der Waals surface area contributed by atoms with Crippen molar-refractivity contribution in [3.05, 3.63) is 36.0 Å². The minimum Gasteiger partial charge on any atom is -0.370 e. The molecule has 0 saturated heterocycles. The van der Waals surface area contributed by atoms with Gasteiger partial charge in [0.15, 0.2) is 29.8 Å². The lowest BCUT2D eigenvalue weighted by molar-refractivity contribution is -0.135. The zero-order valence-electron chi connectivity index (χ0n) is 39.3. The van der Waals surface area contributed by atoms with Crippen LogP contribution in [0.1, 0.15) is 69.8 Å². The molecule has 0 spiro atoms. The molecular formula is C41H73N23O6. The highest BCUT2D eigenvalue weighted by Gasteiger charge is 2.33. The van der Waals surface area contributed by atoms with Crippen molar-refractivity contribution < 1.29 is 28.8 Å². The maximum Gasteiger partial charge on any atom is 0.243 e. The molecule has 6 amide bonds. The number of aromatic nitrogens is 1. The number of para-hydroxylation sites is 1. The Morgan fingerprint density at radius 3 is 1.10 bits per heavy atom. The number of aromatic amines is 1. The summed E-state index contributed by atoms with van der Waals surface area (Å²) in [5, 5.41) is 14.2. The summed E-state index contributed by atoms with van der Waals surface area (Å²) >= 11 is 0. The Balaban J connectivity index is 2.47. The second-order valence-electron chi connectivity index (χ2n) is 16.1. The number of rotatable bonds is 33. The van der Waals surface area contributed by atoms with Crippen LogP contribution in [0.3, 0.4) is 0 Å². The highest BCUT2D eigenvalue weighted by molar-refractivity contribution is 5.97.